The lowest BCUT2D eigenvalue weighted by Gasteiger charge is -2.27. The average molecular weight is 351 g/mol. The molecule has 7 heteroatoms. The minimum Gasteiger partial charge on any atom is -0.378 e. The van der Waals surface area contributed by atoms with Gasteiger partial charge in [-0.2, -0.15) is 5.10 Å². The standard InChI is InChI=1S/C10H17N5O.HI/c1-14-9(2-3-13-14)8-12-10(11)15-4-6-16-7-5-15;/h2-3H,4-8H2,1H3,(H2,11,12);1H. The first-order valence-corrected chi connectivity index (χ1v) is 5.37. The number of morpholine rings is 1. The molecular weight excluding hydrogens is 333 g/mol. The molecule has 1 fully saturated rings. The van der Waals surface area contributed by atoms with E-state index in [2.05, 4.69) is 10.1 Å². The van der Waals surface area contributed by atoms with Gasteiger partial charge < -0.3 is 15.4 Å². The number of aliphatic imine (C=N–C) groups is 1. The van der Waals surface area contributed by atoms with E-state index >= 15 is 0 Å². The van der Waals surface area contributed by atoms with Gasteiger partial charge in [-0.25, -0.2) is 4.99 Å². The Morgan fingerprint density at radius 3 is 2.82 bits per heavy atom. The zero-order chi connectivity index (χ0) is 11.4. The molecule has 0 saturated carbocycles. The summed E-state index contributed by atoms with van der Waals surface area (Å²) in [6.45, 7) is 3.66. The molecule has 1 aromatic heterocycles. The van der Waals surface area contributed by atoms with Crippen LogP contribution in [0.2, 0.25) is 0 Å². The van der Waals surface area contributed by atoms with Crippen LogP contribution >= 0.6 is 24.0 Å². The van der Waals surface area contributed by atoms with Crippen LogP contribution < -0.4 is 5.73 Å². The van der Waals surface area contributed by atoms with E-state index in [1.54, 1.807) is 10.9 Å². The van der Waals surface area contributed by atoms with Crippen molar-refractivity contribution in [2.75, 3.05) is 26.3 Å². The molecular formula is C10H18IN5O. The van der Waals surface area contributed by atoms with E-state index in [-0.39, 0.29) is 24.0 Å². The summed E-state index contributed by atoms with van der Waals surface area (Å²) in [7, 11) is 1.90. The minimum absolute atomic E-state index is 0. The molecule has 0 atom stereocenters. The molecule has 0 aromatic carbocycles. The van der Waals surface area contributed by atoms with Crippen LogP contribution in [0, 0.1) is 0 Å². The molecule has 0 radical (unpaired) electrons. The Morgan fingerprint density at radius 2 is 2.24 bits per heavy atom. The predicted molar refractivity (Wildman–Crippen MR) is 76.3 cm³/mol. The molecule has 2 N–H and O–H groups in total. The summed E-state index contributed by atoms with van der Waals surface area (Å²) < 4.78 is 7.05. The van der Waals surface area contributed by atoms with E-state index in [4.69, 9.17) is 10.5 Å². The van der Waals surface area contributed by atoms with Gasteiger partial charge in [-0.3, -0.25) is 4.68 Å². The topological polar surface area (TPSA) is 68.7 Å². The van der Waals surface area contributed by atoms with Crippen LogP contribution in [0.25, 0.3) is 0 Å². The van der Waals surface area contributed by atoms with Crippen molar-refractivity contribution >= 4 is 29.9 Å². The van der Waals surface area contributed by atoms with Crippen LogP contribution in [0.1, 0.15) is 5.69 Å². The zero-order valence-corrected chi connectivity index (χ0v) is 12.2. The molecule has 17 heavy (non-hydrogen) atoms. The number of aromatic nitrogens is 2. The average Bonchev–Trinajstić information content (AvgIpc) is 2.73. The van der Waals surface area contributed by atoms with Gasteiger partial charge in [0.05, 0.1) is 25.5 Å². The molecule has 6 nitrogen and oxygen atoms in total. The smallest absolute Gasteiger partial charge is 0.191 e. The fourth-order valence-corrected chi connectivity index (χ4v) is 1.61. The van der Waals surface area contributed by atoms with Crippen molar-refractivity contribution < 1.29 is 4.74 Å². The summed E-state index contributed by atoms with van der Waals surface area (Å²) in [6, 6.07) is 1.94. The van der Waals surface area contributed by atoms with Gasteiger partial charge in [-0.05, 0) is 6.07 Å². The summed E-state index contributed by atoms with van der Waals surface area (Å²) in [5, 5.41) is 4.08. The highest BCUT2D eigenvalue weighted by Gasteiger charge is 2.11. The molecule has 1 aliphatic heterocycles. The summed E-state index contributed by atoms with van der Waals surface area (Å²) in [5.74, 6) is 0.588. The Labute approximate surface area is 118 Å². The summed E-state index contributed by atoms with van der Waals surface area (Å²) in [4.78, 5) is 6.40. The summed E-state index contributed by atoms with van der Waals surface area (Å²) in [6.07, 6.45) is 1.76. The first-order chi connectivity index (χ1) is 7.77. The lowest BCUT2D eigenvalue weighted by Crippen LogP contribution is -2.44. The van der Waals surface area contributed by atoms with Crippen molar-refractivity contribution in [1.82, 2.24) is 14.7 Å². The van der Waals surface area contributed by atoms with E-state index in [1.165, 1.54) is 0 Å². The van der Waals surface area contributed by atoms with Gasteiger partial charge in [0.25, 0.3) is 0 Å². The molecule has 2 rings (SSSR count). The molecule has 96 valence electrons. The van der Waals surface area contributed by atoms with Crippen molar-refractivity contribution in [2.45, 2.75) is 6.54 Å². The van der Waals surface area contributed by atoms with E-state index in [0.29, 0.717) is 12.5 Å². The van der Waals surface area contributed by atoms with E-state index in [0.717, 1.165) is 32.0 Å². The number of ether oxygens (including phenoxy) is 1. The molecule has 2 heterocycles. The quantitative estimate of drug-likeness (QED) is 0.469. The largest absolute Gasteiger partial charge is 0.378 e. The molecule has 0 aliphatic carbocycles. The van der Waals surface area contributed by atoms with Crippen LogP contribution in [-0.4, -0.2) is 46.9 Å². The number of nitrogens with two attached hydrogens (primary N) is 1. The highest BCUT2D eigenvalue weighted by molar-refractivity contribution is 14.0. The third kappa shape index (κ3) is 3.84. The number of halogens is 1. The van der Waals surface area contributed by atoms with Gasteiger partial charge in [-0.1, -0.05) is 0 Å². The van der Waals surface area contributed by atoms with E-state index in [1.807, 2.05) is 18.0 Å². The van der Waals surface area contributed by atoms with Gasteiger partial charge in [0.15, 0.2) is 5.96 Å². The Bertz CT molecular complexity index is 373. The van der Waals surface area contributed by atoms with E-state index in [9.17, 15) is 0 Å². The van der Waals surface area contributed by atoms with Gasteiger partial charge in [0.1, 0.15) is 0 Å². The SMILES string of the molecule is Cn1nccc1CN=C(N)N1CCOCC1.I. The van der Waals surface area contributed by atoms with Crippen LogP contribution in [0.4, 0.5) is 0 Å². The normalized spacial score (nSPS) is 16.8. The Hall–Kier alpha value is -0.830. The highest BCUT2D eigenvalue weighted by atomic mass is 127. The van der Waals surface area contributed by atoms with Crippen LogP contribution in [0.5, 0.6) is 0 Å². The van der Waals surface area contributed by atoms with Crippen LogP contribution in [0.15, 0.2) is 17.3 Å². The zero-order valence-electron chi connectivity index (χ0n) is 9.87. The maximum atomic E-state index is 5.91. The van der Waals surface area contributed by atoms with Gasteiger partial charge >= 0.3 is 0 Å². The number of aryl methyl sites for hydroxylation is 1. The van der Waals surface area contributed by atoms with E-state index < -0.39 is 0 Å². The van der Waals surface area contributed by atoms with Crippen molar-refractivity contribution in [3.63, 3.8) is 0 Å². The molecule has 1 aromatic rings. The number of rotatable bonds is 2. The monoisotopic (exact) mass is 351 g/mol. The minimum atomic E-state index is 0. The van der Waals surface area contributed by atoms with Crippen LogP contribution in [0.3, 0.4) is 0 Å². The second kappa shape index (κ2) is 6.80. The third-order valence-electron chi connectivity index (χ3n) is 2.66. The summed E-state index contributed by atoms with van der Waals surface area (Å²) in [5.41, 5.74) is 6.96. The number of hydrogen-bond acceptors (Lipinski definition) is 3. The Kier molecular flexibility index (Phi) is 5.69. The number of hydrogen-bond donors (Lipinski definition) is 1. The first kappa shape index (κ1) is 14.2. The van der Waals surface area contributed by atoms with Gasteiger partial charge in [-0.15, -0.1) is 24.0 Å². The lowest BCUT2D eigenvalue weighted by atomic mass is 10.4. The molecule has 0 unspecified atom stereocenters. The maximum Gasteiger partial charge on any atom is 0.191 e. The van der Waals surface area contributed by atoms with Crippen molar-refractivity contribution in [3.8, 4) is 0 Å². The molecule has 0 amide bonds. The van der Waals surface area contributed by atoms with Gasteiger partial charge in [0.2, 0.25) is 0 Å². The molecule has 1 saturated heterocycles. The molecule has 0 bridgehead atoms. The maximum absolute atomic E-state index is 5.91. The first-order valence-electron chi connectivity index (χ1n) is 5.37. The Morgan fingerprint density at radius 1 is 1.53 bits per heavy atom. The fraction of sp³-hybridized carbons (Fsp3) is 0.600. The van der Waals surface area contributed by atoms with Crippen LogP contribution in [-0.2, 0) is 18.3 Å². The predicted octanol–water partition coefficient (Wildman–Crippen LogP) is 0.185. The lowest BCUT2D eigenvalue weighted by molar-refractivity contribution is 0.0674. The fourth-order valence-electron chi connectivity index (χ4n) is 1.61. The highest BCUT2D eigenvalue weighted by Crippen LogP contribution is 2.01. The molecule has 0 spiro atoms. The van der Waals surface area contributed by atoms with Crippen molar-refractivity contribution in [1.29, 1.82) is 0 Å². The Balaban J connectivity index is 0.00000144. The summed E-state index contributed by atoms with van der Waals surface area (Å²) >= 11 is 0. The second-order valence-corrected chi connectivity index (χ2v) is 3.72. The third-order valence-corrected chi connectivity index (χ3v) is 2.66. The van der Waals surface area contributed by atoms with Crippen molar-refractivity contribution in [3.05, 3.63) is 18.0 Å². The van der Waals surface area contributed by atoms with Crippen molar-refractivity contribution in [2.24, 2.45) is 17.8 Å². The second-order valence-electron chi connectivity index (χ2n) is 3.72. The molecule has 1 aliphatic rings. The number of guanidine groups is 1. The number of nitrogens with zero attached hydrogens (tertiary/aromatic N) is 4. The van der Waals surface area contributed by atoms with Gasteiger partial charge in [0, 0.05) is 26.3 Å².